The zero-order valence-electron chi connectivity index (χ0n) is 7.79. The molecule has 0 fully saturated rings. The monoisotopic (exact) mass is 200 g/mol. The van der Waals surface area contributed by atoms with Gasteiger partial charge in [0.1, 0.15) is 0 Å². The fourth-order valence-electron chi connectivity index (χ4n) is 1.11. The van der Waals surface area contributed by atoms with Crippen molar-refractivity contribution in [2.75, 3.05) is 6.61 Å². The van der Waals surface area contributed by atoms with E-state index < -0.39 is 0 Å². The van der Waals surface area contributed by atoms with Gasteiger partial charge in [0.15, 0.2) is 5.15 Å². The number of aliphatic hydroxyl groups excluding tert-OH is 1. The standard InChI is InChI=1S/C9H13ClN2O/c1-6(5-13)3-8-4-7(2)11-12-9(8)10/h4,6,13H,3,5H2,1-2H3. The van der Waals surface area contributed by atoms with Gasteiger partial charge in [-0.3, -0.25) is 0 Å². The number of hydrogen-bond donors (Lipinski definition) is 1. The first-order valence-corrected chi connectivity index (χ1v) is 4.61. The molecule has 1 N–H and O–H groups in total. The molecular formula is C9H13ClN2O. The Kier molecular flexibility index (Phi) is 3.63. The van der Waals surface area contributed by atoms with Crippen LogP contribution in [0.15, 0.2) is 6.07 Å². The minimum absolute atomic E-state index is 0.164. The van der Waals surface area contributed by atoms with Crippen LogP contribution < -0.4 is 0 Å². The number of aromatic nitrogens is 2. The summed E-state index contributed by atoms with van der Waals surface area (Å²) in [4.78, 5) is 0. The van der Waals surface area contributed by atoms with Crippen molar-refractivity contribution in [2.24, 2.45) is 5.92 Å². The van der Waals surface area contributed by atoms with Crippen molar-refractivity contribution in [3.8, 4) is 0 Å². The minimum Gasteiger partial charge on any atom is -0.396 e. The molecule has 0 aliphatic rings. The molecule has 3 nitrogen and oxygen atoms in total. The van der Waals surface area contributed by atoms with Gasteiger partial charge in [0, 0.05) is 6.61 Å². The predicted octanol–water partition coefficient (Wildman–Crippen LogP) is 1.61. The van der Waals surface area contributed by atoms with Crippen LogP contribution in [0, 0.1) is 12.8 Å². The summed E-state index contributed by atoms with van der Waals surface area (Å²) in [6.07, 6.45) is 0.742. The SMILES string of the molecule is Cc1cc(CC(C)CO)c(Cl)nn1. The normalized spacial score (nSPS) is 12.9. The number of aliphatic hydroxyl groups is 1. The lowest BCUT2D eigenvalue weighted by Gasteiger charge is -2.08. The van der Waals surface area contributed by atoms with Crippen LogP contribution in [-0.2, 0) is 6.42 Å². The Bertz CT molecular complexity index is 291. The fourth-order valence-corrected chi connectivity index (χ4v) is 1.28. The summed E-state index contributed by atoms with van der Waals surface area (Å²) in [6.45, 7) is 4.00. The van der Waals surface area contributed by atoms with Crippen molar-refractivity contribution in [2.45, 2.75) is 20.3 Å². The molecule has 0 radical (unpaired) electrons. The summed E-state index contributed by atoms with van der Waals surface area (Å²) in [5.41, 5.74) is 1.81. The van der Waals surface area contributed by atoms with Gasteiger partial charge in [-0.2, -0.15) is 5.10 Å². The van der Waals surface area contributed by atoms with E-state index in [0.717, 1.165) is 17.7 Å². The molecule has 0 bridgehead atoms. The second kappa shape index (κ2) is 4.53. The summed E-state index contributed by atoms with van der Waals surface area (Å²) in [6, 6.07) is 1.90. The van der Waals surface area contributed by atoms with Crippen LogP contribution in [0.3, 0.4) is 0 Å². The van der Waals surface area contributed by atoms with Crippen molar-refractivity contribution in [1.29, 1.82) is 0 Å². The molecule has 0 saturated carbocycles. The molecule has 0 aliphatic carbocycles. The largest absolute Gasteiger partial charge is 0.396 e. The summed E-state index contributed by atoms with van der Waals surface area (Å²) >= 11 is 5.84. The quantitative estimate of drug-likeness (QED) is 0.807. The molecular weight excluding hydrogens is 188 g/mol. The topological polar surface area (TPSA) is 46.0 Å². The number of hydrogen-bond acceptors (Lipinski definition) is 3. The molecule has 0 aliphatic heterocycles. The Balaban J connectivity index is 2.81. The van der Waals surface area contributed by atoms with E-state index in [0.29, 0.717) is 5.15 Å². The summed E-state index contributed by atoms with van der Waals surface area (Å²) in [5.74, 6) is 0.209. The number of rotatable bonds is 3. The van der Waals surface area contributed by atoms with Gasteiger partial charge in [-0.15, -0.1) is 5.10 Å². The first-order valence-electron chi connectivity index (χ1n) is 4.23. The molecule has 0 aromatic carbocycles. The Morgan fingerprint density at radius 3 is 2.85 bits per heavy atom. The van der Waals surface area contributed by atoms with Gasteiger partial charge in [0.2, 0.25) is 0 Å². The van der Waals surface area contributed by atoms with E-state index in [1.165, 1.54) is 0 Å². The summed E-state index contributed by atoms with van der Waals surface area (Å²) < 4.78 is 0. The van der Waals surface area contributed by atoms with Crippen LogP contribution in [-0.4, -0.2) is 21.9 Å². The van der Waals surface area contributed by atoms with Crippen molar-refractivity contribution >= 4 is 11.6 Å². The maximum absolute atomic E-state index is 8.88. The van der Waals surface area contributed by atoms with E-state index in [9.17, 15) is 0 Å². The first kappa shape index (κ1) is 10.4. The van der Waals surface area contributed by atoms with E-state index in [2.05, 4.69) is 10.2 Å². The second-order valence-corrected chi connectivity index (χ2v) is 3.65. The van der Waals surface area contributed by atoms with E-state index in [1.807, 2.05) is 19.9 Å². The highest BCUT2D eigenvalue weighted by Gasteiger charge is 2.07. The van der Waals surface area contributed by atoms with Gasteiger partial charge in [-0.1, -0.05) is 18.5 Å². The van der Waals surface area contributed by atoms with Crippen molar-refractivity contribution in [3.63, 3.8) is 0 Å². The molecule has 1 unspecified atom stereocenters. The van der Waals surface area contributed by atoms with Crippen LogP contribution in [0.2, 0.25) is 5.15 Å². The number of halogens is 1. The molecule has 4 heteroatoms. The first-order chi connectivity index (χ1) is 6.13. The van der Waals surface area contributed by atoms with Crippen LogP contribution in [0.5, 0.6) is 0 Å². The minimum atomic E-state index is 0.164. The summed E-state index contributed by atoms with van der Waals surface area (Å²) in [7, 11) is 0. The van der Waals surface area contributed by atoms with Gasteiger partial charge >= 0.3 is 0 Å². The molecule has 72 valence electrons. The fraction of sp³-hybridized carbons (Fsp3) is 0.556. The Labute approximate surface area is 82.8 Å². The van der Waals surface area contributed by atoms with E-state index >= 15 is 0 Å². The maximum atomic E-state index is 8.88. The molecule has 0 saturated heterocycles. The van der Waals surface area contributed by atoms with Crippen LogP contribution in [0.25, 0.3) is 0 Å². The molecule has 0 spiro atoms. The molecule has 1 aromatic heterocycles. The Hall–Kier alpha value is -0.670. The van der Waals surface area contributed by atoms with Crippen LogP contribution in [0.1, 0.15) is 18.2 Å². The van der Waals surface area contributed by atoms with Gasteiger partial charge in [-0.25, -0.2) is 0 Å². The van der Waals surface area contributed by atoms with E-state index in [4.69, 9.17) is 16.7 Å². The van der Waals surface area contributed by atoms with Crippen LogP contribution in [0.4, 0.5) is 0 Å². The van der Waals surface area contributed by atoms with Gasteiger partial charge < -0.3 is 5.11 Å². The third kappa shape index (κ3) is 2.94. The third-order valence-electron chi connectivity index (χ3n) is 1.82. The molecule has 1 rings (SSSR count). The smallest absolute Gasteiger partial charge is 0.154 e. The maximum Gasteiger partial charge on any atom is 0.154 e. The average Bonchev–Trinajstić information content (AvgIpc) is 2.11. The highest BCUT2D eigenvalue weighted by atomic mass is 35.5. The highest BCUT2D eigenvalue weighted by Crippen LogP contribution is 2.16. The van der Waals surface area contributed by atoms with Gasteiger partial charge in [0.05, 0.1) is 5.69 Å². The van der Waals surface area contributed by atoms with E-state index in [1.54, 1.807) is 0 Å². The second-order valence-electron chi connectivity index (χ2n) is 3.29. The Morgan fingerprint density at radius 1 is 1.54 bits per heavy atom. The molecule has 13 heavy (non-hydrogen) atoms. The zero-order chi connectivity index (χ0) is 9.84. The lowest BCUT2D eigenvalue weighted by atomic mass is 10.0. The lowest BCUT2D eigenvalue weighted by molar-refractivity contribution is 0.237. The van der Waals surface area contributed by atoms with Gasteiger partial charge in [-0.05, 0) is 30.9 Å². The average molecular weight is 201 g/mol. The Morgan fingerprint density at radius 2 is 2.23 bits per heavy atom. The van der Waals surface area contributed by atoms with Gasteiger partial charge in [0.25, 0.3) is 0 Å². The van der Waals surface area contributed by atoms with Crippen molar-refractivity contribution in [3.05, 3.63) is 22.5 Å². The molecule has 1 aromatic rings. The van der Waals surface area contributed by atoms with Crippen LogP contribution >= 0.6 is 11.6 Å². The van der Waals surface area contributed by atoms with Crippen molar-refractivity contribution in [1.82, 2.24) is 10.2 Å². The highest BCUT2D eigenvalue weighted by molar-refractivity contribution is 6.30. The zero-order valence-corrected chi connectivity index (χ0v) is 8.54. The number of nitrogens with zero attached hydrogens (tertiary/aromatic N) is 2. The molecule has 1 atom stereocenters. The predicted molar refractivity (Wildman–Crippen MR) is 51.7 cm³/mol. The molecule has 0 amide bonds. The summed E-state index contributed by atoms with van der Waals surface area (Å²) in [5, 5.41) is 16.9. The lowest BCUT2D eigenvalue weighted by Crippen LogP contribution is -2.06. The van der Waals surface area contributed by atoms with Crippen molar-refractivity contribution < 1.29 is 5.11 Å². The number of aryl methyl sites for hydroxylation is 1. The van der Waals surface area contributed by atoms with E-state index in [-0.39, 0.29) is 12.5 Å². The molecule has 1 heterocycles. The third-order valence-corrected chi connectivity index (χ3v) is 2.14.